The summed E-state index contributed by atoms with van der Waals surface area (Å²) in [5.41, 5.74) is 0.652. The molecule has 0 saturated carbocycles. The highest BCUT2D eigenvalue weighted by atomic mass is 35.5. The third-order valence-electron chi connectivity index (χ3n) is 4.29. The molecule has 2 N–H and O–H groups in total. The lowest BCUT2D eigenvalue weighted by atomic mass is 10.1. The molecule has 2 aromatic rings. The zero-order valence-electron chi connectivity index (χ0n) is 14.7. The molecule has 1 fully saturated rings. The SMILES string of the molecule is COc1ccc(NC(=O)CN2CCNCC2c2nccn2C)cc1Cl.Cl. The number of aromatic nitrogens is 2. The van der Waals surface area contributed by atoms with Crippen molar-refractivity contribution in [1.82, 2.24) is 19.8 Å². The van der Waals surface area contributed by atoms with Gasteiger partial charge in [0.05, 0.1) is 24.7 Å². The van der Waals surface area contributed by atoms with E-state index >= 15 is 0 Å². The average molecular weight is 400 g/mol. The second-order valence-electron chi connectivity index (χ2n) is 5.98. The minimum atomic E-state index is -0.0812. The van der Waals surface area contributed by atoms with Crippen LogP contribution in [0.25, 0.3) is 0 Å². The normalized spacial score (nSPS) is 17.4. The minimum absolute atomic E-state index is 0. The number of rotatable bonds is 5. The molecule has 0 bridgehead atoms. The Morgan fingerprint density at radius 2 is 2.31 bits per heavy atom. The van der Waals surface area contributed by atoms with E-state index in [-0.39, 0.29) is 24.4 Å². The second kappa shape index (κ2) is 9.23. The van der Waals surface area contributed by atoms with E-state index in [9.17, 15) is 4.79 Å². The fourth-order valence-corrected chi connectivity index (χ4v) is 3.28. The maximum atomic E-state index is 12.5. The molecule has 1 aliphatic rings. The summed E-state index contributed by atoms with van der Waals surface area (Å²) in [7, 11) is 3.52. The van der Waals surface area contributed by atoms with Gasteiger partial charge in [0.2, 0.25) is 5.91 Å². The molecule has 1 amide bonds. The van der Waals surface area contributed by atoms with Crippen molar-refractivity contribution in [2.75, 3.05) is 38.6 Å². The van der Waals surface area contributed by atoms with Gasteiger partial charge in [-0.15, -0.1) is 12.4 Å². The molecule has 0 aliphatic carbocycles. The fourth-order valence-electron chi connectivity index (χ4n) is 3.02. The highest BCUT2D eigenvalue weighted by Crippen LogP contribution is 2.27. The van der Waals surface area contributed by atoms with E-state index in [4.69, 9.17) is 16.3 Å². The largest absolute Gasteiger partial charge is 0.495 e. The predicted octanol–water partition coefficient (Wildman–Crippen LogP) is 2.09. The molecule has 2 heterocycles. The summed E-state index contributed by atoms with van der Waals surface area (Å²) in [5, 5.41) is 6.73. The number of carbonyl (C=O) groups is 1. The van der Waals surface area contributed by atoms with Gasteiger partial charge in [-0.25, -0.2) is 4.98 Å². The lowest BCUT2D eigenvalue weighted by Crippen LogP contribution is -2.49. The van der Waals surface area contributed by atoms with Crippen LogP contribution in [-0.2, 0) is 11.8 Å². The Kier molecular flexibility index (Phi) is 7.28. The summed E-state index contributed by atoms with van der Waals surface area (Å²) in [4.78, 5) is 19.0. The van der Waals surface area contributed by atoms with Gasteiger partial charge in [-0.1, -0.05) is 11.6 Å². The first-order chi connectivity index (χ1) is 12.1. The van der Waals surface area contributed by atoms with E-state index in [0.29, 0.717) is 23.0 Å². The summed E-state index contributed by atoms with van der Waals surface area (Å²) in [6.45, 7) is 2.70. The van der Waals surface area contributed by atoms with Gasteiger partial charge < -0.3 is 19.9 Å². The van der Waals surface area contributed by atoms with Crippen molar-refractivity contribution in [1.29, 1.82) is 0 Å². The highest BCUT2D eigenvalue weighted by molar-refractivity contribution is 6.32. The maximum absolute atomic E-state index is 12.5. The average Bonchev–Trinajstić information content (AvgIpc) is 3.01. The highest BCUT2D eigenvalue weighted by Gasteiger charge is 2.28. The number of carbonyl (C=O) groups excluding carboxylic acids is 1. The van der Waals surface area contributed by atoms with Crippen molar-refractivity contribution >= 4 is 35.6 Å². The van der Waals surface area contributed by atoms with Crippen molar-refractivity contribution in [2.45, 2.75) is 6.04 Å². The summed E-state index contributed by atoms with van der Waals surface area (Å²) >= 11 is 6.11. The molecule has 1 aliphatic heterocycles. The first-order valence-electron chi connectivity index (χ1n) is 8.14. The van der Waals surface area contributed by atoms with Crippen molar-refractivity contribution in [2.24, 2.45) is 7.05 Å². The number of nitrogens with zero attached hydrogens (tertiary/aromatic N) is 3. The Balaban J connectivity index is 0.00000243. The summed E-state index contributed by atoms with van der Waals surface area (Å²) < 4.78 is 7.12. The smallest absolute Gasteiger partial charge is 0.238 e. The summed E-state index contributed by atoms with van der Waals surface area (Å²) in [6, 6.07) is 5.27. The monoisotopic (exact) mass is 399 g/mol. The maximum Gasteiger partial charge on any atom is 0.238 e. The van der Waals surface area contributed by atoms with Crippen LogP contribution in [-0.4, -0.2) is 53.6 Å². The third kappa shape index (κ3) is 4.67. The second-order valence-corrected chi connectivity index (χ2v) is 6.39. The zero-order valence-corrected chi connectivity index (χ0v) is 16.3. The molecule has 0 spiro atoms. The van der Waals surface area contributed by atoms with Gasteiger partial charge in [0, 0.05) is 44.8 Å². The standard InChI is InChI=1S/C17H22ClN5O2.ClH/c1-22-7-6-20-17(22)14-10-19-5-8-23(14)11-16(24)21-12-3-4-15(25-2)13(18)9-12;/h3-4,6-7,9,14,19H,5,8,10-11H2,1-2H3,(H,21,24);1H. The topological polar surface area (TPSA) is 71.4 Å². The summed E-state index contributed by atoms with van der Waals surface area (Å²) in [5.74, 6) is 1.45. The predicted molar refractivity (Wildman–Crippen MR) is 104 cm³/mol. The number of imidazole rings is 1. The van der Waals surface area contributed by atoms with E-state index in [1.54, 1.807) is 31.5 Å². The molecule has 142 valence electrons. The van der Waals surface area contributed by atoms with Crippen LogP contribution in [0.5, 0.6) is 5.75 Å². The molecule has 1 saturated heterocycles. The fraction of sp³-hybridized carbons (Fsp3) is 0.412. The van der Waals surface area contributed by atoms with Crippen LogP contribution in [0.1, 0.15) is 11.9 Å². The first-order valence-corrected chi connectivity index (χ1v) is 8.51. The number of methoxy groups -OCH3 is 1. The van der Waals surface area contributed by atoms with Gasteiger partial charge in [0.1, 0.15) is 11.6 Å². The molecule has 1 aromatic heterocycles. The summed E-state index contributed by atoms with van der Waals surface area (Å²) in [6.07, 6.45) is 3.70. The van der Waals surface area contributed by atoms with Gasteiger partial charge in [-0.2, -0.15) is 0 Å². The Hall–Kier alpha value is -1.80. The van der Waals surface area contributed by atoms with Crippen LogP contribution in [0, 0.1) is 0 Å². The molecule has 1 atom stereocenters. The number of nitrogens with one attached hydrogen (secondary N) is 2. The van der Waals surface area contributed by atoms with Gasteiger partial charge in [-0.05, 0) is 18.2 Å². The van der Waals surface area contributed by atoms with Crippen LogP contribution in [0.3, 0.4) is 0 Å². The van der Waals surface area contributed by atoms with Gasteiger partial charge >= 0.3 is 0 Å². The van der Waals surface area contributed by atoms with Crippen molar-refractivity contribution < 1.29 is 9.53 Å². The third-order valence-corrected chi connectivity index (χ3v) is 4.59. The Morgan fingerprint density at radius 1 is 1.50 bits per heavy atom. The van der Waals surface area contributed by atoms with Gasteiger partial charge in [0.15, 0.2) is 0 Å². The molecular formula is C17H23Cl2N5O2. The van der Waals surface area contributed by atoms with Crippen LogP contribution in [0.2, 0.25) is 5.02 Å². The number of hydrogen-bond acceptors (Lipinski definition) is 5. The minimum Gasteiger partial charge on any atom is -0.495 e. The molecule has 9 heteroatoms. The van der Waals surface area contributed by atoms with Crippen molar-refractivity contribution in [3.63, 3.8) is 0 Å². The van der Waals surface area contributed by atoms with Crippen LogP contribution in [0.15, 0.2) is 30.6 Å². The lowest BCUT2D eigenvalue weighted by Gasteiger charge is -2.35. The Morgan fingerprint density at radius 3 is 2.96 bits per heavy atom. The van der Waals surface area contributed by atoms with Crippen molar-refractivity contribution in [3.05, 3.63) is 41.4 Å². The van der Waals surface area contributed by atoms with Crippen LogP contribution >= 0.6 is 24.0 Å². The van der Waals surface area contributed by atoms with E-state index in [0.717, 1.165) is 25.5 Å². The number of piperazine rings is 1. The number of halogens is 2. The molecular weight excluding hydrogens is 377 g/mol. The van der Waals surface area contributed by atoms with E-state index in [2.05, 4.69) is 20.5 Å². The number of aryl methyl sites for hydroxylation is 1. The molecule has 0 radical (unpaired) electrons. The number of amides is 1. The lowest BCUT2D eigenvalue weighted by molar-refractivity contribution is -0.118. The molecule has 1 aromatic carbocycles. The van der Waals surface area contributed by atoms with E-state index in [1.165, 1.54) is 0 Å². The van der Waals surface area contributed by atoms with E-state index < -0.39 is 0 Å². The van der Waals surface area contributed by atoms with Gasteiger partial charge in [0.25, 0.3) is 0 Å². The van der Waals surface area contributed by atoms with Gasteiger partial charge in [-0.3, -0.25) is 9.69 Å². The Bertz CT molecular complexity index is 753. The first kappa shape index (κ1) is 20.5. The number of anilines is 1. The Labute approximate surface area is 164 Å². The number of hydrogen-bond donors (Lipinski definition) is 2. The molecule has 7 nitrogen and oxygen atoms in total. The molecule has 3 rings (SSSR count). The molecule has 26 heavy (non-hydrogen) atoms. The number of benzene rings is 1. The molecule has 1 unspecified atom stereocenters. The van der Waals surface area contributed by atoms with Crippen molar-refractivity contribution in [3.8, 4) is 5.75 Å². The quantitative estimate of drug-likeness (QED) is 0.805. The van der Waals surface area contributed by atoms with Crippen LogP contribution < -0.4 is 15.4 Å². The van der Waals surface area contributed by atoms with E-state index in [1.807, 2.05) is 17.8 Å². The zero-order chi connectivity index (χ0) is 17.8. The van der Waals surface area contributed by atoms with Crippen LogP contribution in [0.4, 0.5) is 5.69 Å². The number of ether oxygens (including phenoxy) is 1.